The van der Waals surface area contributed by atoms with Crippen molar-refractivity contribution in [3.05, 3.63) is 29.8 Å². The number of halogens is 1. The molecule has 4 nitrogen and oxygen atoms in total. The molecule has 22 heavy (non-hydrogen) atoms. The second kappa shape index (κ2) is 10.7. The summed E-state index contributed by atoms with van der Waals surface area (Å²) < 4.78 is 6.11. The predicted octanol–water partition coefficient (Wildman–Crippen LogP) is 3.83. The number of aliphatic imine (C=N–C) groups is 1. The quantitative estimate of drug-likeness (QED) is 0.307. The summed E-state index contributed by atoms with van der Waals surface area (Å²) in [5.74, 6) is 1.47. The number of nitrogens with one attached hydrogen (secondary N) is 1. The number of guanidine groups is 1. The Morgan fingerprint density at radius 2 is 2.05 bits per heavy atom. The van der Waals surface area contributed by atoms with Gasteiger partial charge < -0.3 is 15.8 Å². The average Bonchev–Trinajstić information content (AvgIpc) is 3.00. The minimum absolute atomic E-state index is 0. The van der Waals surface area contributed by atoms with Crippen LogP contribution in [0.3, 0.4) is 0 Å². The first kappa shape index (κ1) is 19.1. The first-order valence-electron chi connectivity index (χ1n) is 8.08. The number of nitrogens with two attached hydrogens (primary N) is 1. The Kier molecular flexibility index (Phi) is 9.27. The lowest BCUT2D eigenvalue weighted by atomic mass is 10.2. The lowest BCUT2D eigenvalue weighted by molar-refractivity contribution is 0.208. The van der Waals surface area contributed by atoms with Gasteiger partial charge in [-0.15, -0.1) is 24.0 Å². The molecule has 1 aromatic carbocycles. The Labute approximate surface area is 150 Å². The Balaban J connectivity index is 0.00000242. The van der Waals surface area contributed by atoms with Crippen LogP contribution in [0.2, 0.25) is 0 Å². The monoisotopic (exact) mass is 417 g/mol. The van der Waals surface area contributed by atoms with Gasteiger partial charge in [-0.2, -0.15) is 0 Å². The topological polar surface area (TPSA) is 59.6 Å². The van der Waals surface area contributed by atoms with E-state index in [-0.39, 0.29) is 24.0 Å². The van der Waals surface area contributed by atoms with Crippen molar-refractivity contribution in [3.63, 3.8) is 0 Å². The van der Waals surface area contributed by atoms with Crippen LogP contribution in [0.15, 0.2) is 29.3 Å². The van der Waals surface area contributed by atoms with Gasteiger partial charge in [0.15, 0.2) is 5.96 Å². The molecule has 2 rings (SSSR count). The third-order valence-electron chi connectivity index (χ3n) is 3.82. The van der Waals surface area contributed by atoms with E-state index in [9.17, 15) is 0 Å². The summed E-state index contributed by atoms with van der Waals surface area (Å²) in [5, 5.41) is 3.13. The van der Waals surface area contributed by atoms with Gasteiger partial charge in [0.1, 0.15) is 5.75 Å². The van der Waals surface area contributed by atoms with Crippen LogP contribution in [0.4, 0.5) is 0 Å². The highest BCUT2D eigenvalue weighted by atomic mass is 127. The summed E-state index contributed by atoms with van der Waals surface area (Å²) in [4.78, 5) is 4.40. The molecule has 1 aromatic rings. The lowest BCUT2D eigenvalue weighted by Crippen LogP contribution is -2.32. The van der Waals surface area contributed by atoms with Crippen molar-refractivity contribution in [1.29, 1.82) is 0 Å². The van der Waals surface area contributed by atoms with Crippen molar-refractivity contribution in [2.75, 3.05) is 6.54 Å². The van der Waals surface area contributed by atoms with E-state index in [1.165, 1.54) is 12.8 Å². The van der Waals surface area contributed by atoms with Gasteiger partial charge in [-0.1, -0.05) is 31.5 Å². The zero-order valence-corrected chi connectivity index (χ0v) is 15.7. The fraction of sp³-hybridized carbons (Fsp3) is 0.588. The van der Waals surface area contributed by atoms with E-state index >= 15 is 0 Å². The van der Waals surface area contributed by atoms with E-state index < -0.39 is 0 Å². The van der Waals surface area contributed by atoms with Gasteiger partial charge in [0, 0.05) is 12.1 Å². The maximum Gasteiger partial charge on any atom is 0.188 e. The molecule has 1 fully saturated rings. The average molecular weight is 417 g/mol. The van der Waals surface area contributed by atoms with Crippen LogP contribution in [-0.2, 0) is 6.54 Å². The predicted molar refractivity (Wildman–Crippen MR) is 103 cm³/mol. The van der Waals surface area contributed by atoms with Crippen molar-refractivity contribution in [2.24, 2.45) is 10.7 Å². The molecule has 0 heterocycles. The van der Waals surface area contributed by atoms with Crippen molar-refractivity contribution in [1.82, 2.24) is 5.32 Å². The molecule has 1 saturated carbocycles. The molecule has 0 atom stereocenters. The second-order valence-electron chi connectivity index (χ2n) is 5.61. The number of hydrogen-bond donors (Lipinski definition) is 2. The highest BCUT2D eigenvalue weighted by Gasteiger charge is 2.17. The Morgan fingerprint density at radius 3 is 2.77 bits per heavy atom. The van der Waals surface area contributed by atoms with Gasteiger partial charge in [-0.25, -0.2) is 4.99 Å². The molecular weight excluding hydrogens is 389 g/mol. The minimum Gasteiger partial charge on any atom is -0.490 e. The standard InChI is InChI=1S/C17H27N3O.HI/c1-2-3-12-19-17(18)20-13-14-8-4-7-11-16(14)21-15-9-5-6-10-15;/h4,7-8,11,15H,2-3,5-6,9-10,12-13H2,1H3,(H3,18,19,20);1H. The maximum atomic E-state index is 6.11. The van der Waals surface area contributed by atoms with Gasteiger partial charge in [-0.05, 0) is 38.2 Å². The first-order chi connectivity index (χ1) is 10.3. The molecule has 0 unspecified atom stereocenters. The SMILES string of the molecule is CCCCNC(N)=NCc1ccccc1OC1CCCC1.I. The summed E-state index contributed by atoms with van der Waals surface area (Å²) in [6, 6.07) is 8.13. The number of unbranched alkanes of at least 4 members (excludes halogenated alkanes) is 1. The van der Waals surface area contributed by atoms with Crippen LogP contribution < -0.4 is 15.8 Å². The van der Waals surface area contributed by atoms with Crippen LogP contribution in [0, 0.1) is 0 Å². The summed E-state index contributed by atoms with van der Waals surface area (Å²) >= 11 is 0. The molecular formula is C17H28IN3O. The van der Waals surface area contributed by atoms with Crippen LogP contribution in [0.1, 0.15) is 51.0 Å². The van der Waals surface area contributed by atoms with Crippen molar-refractivity contribution < 1.29 is 4.74 Å². The van der Waals surface area contributed by atoms with E-state index in [2.05, 4.69) is 23.3 Å². The molecule has 0 aromatic heterocycles. The van der Waals surface area contributed by atoms with Gasteiger partial charge in [0.25, 0.3) is 0 Å². The Hall–Kier alpha value is -0.980. The molecule has 3 N–H and O–H groups in total. The minimum atomic E-state index is 0. The van der Waals surface area contributed by atoms with E-state index in [1.54, 1.807) is 0 Å². The summed E-state index contributed by atoms with van der Waals surface area (Å²) in [6.45, 7) is 3.60. The van der Waals surface area contributed by atoms with E-state index in [4.69, 9.17) is 10.5 Å². The number of ether oxygens (including phenoxy) is 1. The normalized spacial score (nSPS) is 15.4. The van der Waals surface area contributed by atoms with Gasteiger partial charge >= 0.3 is 0 Å². The van der Waals surface area contributed by atoms with E-state index in [0.29, 0.717) is 18.6 Å². The van der Waals surface area contributed by atoms with E-state index in [0.717, 1.165) is 43.5 Å². The number of rotatable bonds is 7. The number of para-hydroxylation sites is 1. The summed E-state index contributed by atoms with van der Waals surface area (Å²) in [5.41, 5.74) is 6.98. The molecule has 0 amide bonds. The molecule has 0 spiro atoms. The van der Waals surface area contributed by atoms with Crippen LogP contribution >= 0.6 is 24.0 Å². The van der Waals surface area contributed by atoms with Gasteiger partial charge in [0.2, 0.25) is 0 Å². The number of benzene rings is 1. The summed E-state index contributed by atoms with van der Waals surface area (Å²) in [6.07, 6.45) is 7.51. The Morgan fingerprint density at radius 1 is 1.32 bits per heavy atom. The Bertz CT molecular complexity index is 459. The van der Waals surface area contributed by atoms with Crippen LogP contribution in [0.25, 0.3) is 0 Å². The third-order valence-corrected chi connectivity index (χ3v) is 3.82. The molecule has 0 aliphatic heterocycles. The van der Waals surface area contributed by atoms with Gasteiger partial charge in [0.05, 0.1) is 12.6 Å². The largest absolute Gasteiger partial charge is 0.490 e. The third kappa shape index (κ3) is 6.42. The molecule has 0 radical (unpaired) electrons. The first-order valence-corrected chi connectivity index (χ1v) is 8.08. The molecule has 0 bridgehead atoms. The van der Waals surface area contributed by atoms with E-state index in [1.807, 2.05) is 18.2 Å². The molecule has 1 aliphatic rings. The number of nitrogens with zero attached hydrogens (tertiary/aromatic N) is 1. The zero-order valence-electron chi connectivity index (χ0n) is 13.4. The molecule has 1 aliphatic carbocycles. The summed E-state index contributed by atoms with van der Waals surface area (Å²) in [7, 11) is 0. The molecule has 124 valence electrons. The zero-order chi connectivity index (χ0) is 14.9. The fourth-order valence-electron chi connectivity index (χ4n) is 2.55. The van der Waals surface area contributed by atoms with Crippen LogP contribution in [-0.4, -0.2) is 18.6 Å². The highest BCUT2D eigenvalue weighted by Crippen LogP contribution is 2.26. The number of hydrogen-bond acceptors (Lipinski definition) is 2. The lowest BCUT2D eigenvalue weighted by Gasteiger charge is -2.15. The molecule has 5 heteroatoms. The van der Waals surface area contributed by atoms with Crippen molar-refractivity contribution in [3.8, 4) is 5.75 Å². The fourth-order valence-corrected chi connectivity index (χ4v) is 2.55. The molecule has 0 saturated heterocycles. The smallest absolute Gasteiger partial charge is 0.188 e. The maximum absolute atomic E-state index is 6.11. The second-order valence-corrected chi connectivity index (χ2v) is 5.61. The van der Waals surface area contributed by atoms with Gasteiger partial charge in [-0.3, -0.25) is 0 Å². The van der Waals surface area contributed by atoms with Crippen LogP contribution in [0.5, 0.6) is 5.75 Å². The highest BCUT2D eigenvalue weighted by molar-refractivity contribution is 14.0. The van der Waals surface area contributed by atoms with Crippen molar-refractivity contribution >= 4 is 29.9 Å². The van der Waals surface area contributed by atoms with Crippen molar-refractivity contribution in [2.45, 2.75) is 58.1 Å².